The van der Waals surface area contributed by atoms with Crippen LogP contribution in [0.25, 0.3) is 0 Å². The smallest absolute Gasteiger partial charge is 0.335 e. The lowest BCUT2D eigenvalue weighted by Gasteiger charge is -2.19. The monoisotopic (exact) mass is 275 g/mol. The lowest BCUT2D eigenvalue weighted by Crippen LogP contribution is -2.10. The van der Waals surface area contributed by atoms with Crippen molar-refractivity contribution in [1.29, 1.82) is 0 Å². The average molecular weight is 275 g/mol. The van der Waals surface area contributed by atoms with Crippen LogP contribution in [0.4, 0.5) is 5.69 Å². The molecule has 1 atom stereocenters. The largest absolute Gasteiger partial charge is 0.478 e. The van der Waals surface area contributed by atoms with Crippen molar-refractivity contribution in [1.82, 2.24) is 0 Å². The number of hydrogen-bond acceptors (Lipinski definition) is 3. The number of carbonyl (C=O) groups is 1. The van der Waals surface area contributed by atoms with Gasteiger partial charge in [0.15, 0.2) is 0 Å². The molecule has 3 nitrogen and oxygen atoms in total. The van der Waals surface area contributed by atoms with E-state index >= 15 is 0 Å². The number of anilines is 1. The number of thiophene rings is 1. The van der Waals surface area contributed by atoms with Gasteiger partial charge in [-0.25, -0.2) is 4.79 Å². The minimum atomic E-state index is -0.896. The Kier molecular flexibility index (Phi) is 4.22. The summed E-state index contributed by atoms with van der Waals surface area (Å²) in [4.78, 5) is 12.3. The van der Waals surface area contributed by atoms with E-state index in [0.29, 0.717) is 5.56 Å². The Morgan fingerprint density at radius 3 is 2.79 bits per heavy atom. The van der Waals surface area contributed by atoms with Crippen LogP contribution in [0.1, 0.15) is 40.2 Å². The molecule has 4 heteroatoms. The third-order valence-electron chi connectivity index (χ3n) is 3.11. The molecule has 2 N–H and O–H groups in total. The number of aromatic carboxylic acids is 1. The fourth-order valence-electron chi connectivity index (χ4n) is 1.96. The number of nitrogens with one attached hydrogen (secondary N) is 1. The van der Waals surface area contributed by atoms with Crippen LogP contribution in [0, 0.1) is 6.92 Å². The Bertz CT molecular complexity index is 564. The number of hydrogen-bond donors (Lipinski definition) is 2. The fraction of sp³-hybridized carbons (Fsp3) is 0.267. The molecule has 2 rings (SSSR count). The van der Waals surface area contributed by atoms with Gasteiger partial charge >= 0.3 is 5.97 Å². The third kappa shape index (κ3) is 3.15. The molecule has 0 fully saturated rings. The van der Waals surface area contributed by atoms with Gasteiger partial charge in [-0.15, -0.1) is 11.3 Å². The highest BCUT2D eigenvalue weighted by Crippen LogP contribution is 2.28. The second-order valence-electron chi connectivity index (χ2n) is 4.46. The van der Waals surface area contributed by atoms with Crippen molar-refractivity contribution in [2.75, 3.05) is 5.32 Å². The standard InChI is InChI=1S/C15H17NO2S/c1-3-12(14-5-4-8-19-14)16-13-9-11(15(17)18)7-6-10(13)2/h4-9,12,16H,3H2,1-2H3,(H,17,18). The summed E-state index contributed by atoms with van der Waals surface area (Å²) >= 11 is 1.71. The second-order valence-corrected chi connectivity index (χ2v) is 5.43. The summed E-state index contributed by atoms with van der Waals surface area (Å²) < 4.78 is 0. The predicted molar refractivity (Wildman–Crippen MR) is 79.1 cm³/mol. The molecule has 0 aliphatic rings. The molecule has 0 spiro atoms. The van der Waals surface area contributed by atoms with Gasteiger partial charge in [-0.05, 0) is 42.5 Å². The van der Waals surface area contributed by atoms with Crippen LogP contribution in [0.15, 0.2) is 35.7 Å². The molecule has 0 aliphatic heterocycles. The molecule has 0 radical (unpaired) electrons. The van der Waals surface area contributed by atoms with Crippen LogP contribution in [-0.4, -0.2) is 11.1 Å². The quantitative estimate of drug-likeness (QED) is 0.854. The van der Waals surface area contributed by atoms with Crippen LogP contribution < -0.4 is 5.32 Å². The highest BCUT2D eigenvalue weighted by atomic mass is 32.1. The van der Waals surface area contributed by atoms with Crippen LogP contribution in [0.5, 0.6) is 0 Å². The zero-order chi connectivity index (χ0) is 13.8. The van der Waals surface area contributed by atoms with Gasteiger partial charge in [0, 0.05) is 10.6 Å². The first kappa shape index (κ1) is 13.6. The van der Waals surface area contributed by atoms with Gasteiger partial charge in [0.2, 0.25) is 0 Å². The number of carboxylic acid groups (broad SMARTS) is 1. The lowest BCUT2D eigenvalue weighted by atomic mass is 10.1. The third-order valence-corrected chi connectivity index (χ3v) is 4.10. The van der Waals surface area contributed by atoms with Crippen molar-refractivity contribution in [2.45, 2.75) is 26.3 Å². The molecule has 2 aromatic rings. The zero-order valence-corrected chi connectivity index (χ0v) is 11.8. The Labute approximate surface area is 116 Å². The maximum absolute atomic E-state index is 11.0. The Balaban J connectivity index is 2.26. The van der Waals surface area contributed by atoms with Crippen LogP contribution in [0.3, 0.4) is 0 Å². The van der Waals surface area contributed by atoms with Gasteiger partial charge in [-0.3, -0.25) is 0 Å². The van der Waals surface area contributed by atoms with Gasteiger partial charge in [0.05, 0.1) is 11.6 Å². The van der Waals surface area contributed by atoms with Crippen molar-refractivity contribution in [3.05, 3.63) is 51.7 Å². The van der Waals surface area contributed by atoms with E-state index in [0.717, 1.165) is 17.7 Å². The summed E-state index contributed by atoms with van der Waals surface area (Å²) in [5, 5.41) is 14.5. The molecule has 1 unspecified atom stereocenters. The summed E-state index contributed by atoms with van der Waals surface area (Å²) in [6.07, 6.45) is 0.956. The maximum atomic E-state index is 11.0. The van der Waals surface area contributed by atoms with E-state index in [9.17, 15) is 4.79 Å². The average Bonchev–Trinajstić information content (AvgIpc) is 2.91. The minimum Gasteiger partial charge on any atom is -0.478 e. The minimum absolute atomic E-state index is 0.225. The maximum Gasteiger partial charge on any atom is 0.335 e. The molecule has 100 valence electrons. The summed E-state index contributed by atoms with van der Waals surface area (Å²) in [5.41, 5.74) is 2.26. The molecular formula is C15H17NO2S. The first-order chi connectivity index (χ1) is 9.11. The molecule has 0 bridgehead atoms. The van der Waals surface area contributed by atoms with Gasteiger partial charge in [0.1, 0.15) is 0 Å². The van der Waals surface area contributed by atoms with E-state index < -0.39 is 5.97 Å². The van der Waals surface area contributed by atoms with E-state index in [2.05, 4.69) is 23.7 Å². The van der Waals surface area contributed by atoms with Crippen LogP contribution >= 0.6 is 11.3 Å². The van der Waals surface area contributed by atoms with Gasteiger partial charge in [-0.1, -0.05) is 19.1 Å². The number of aryl methyl sites for hydroxylation is 1. The van der Waals surface area contributed by atoms with Crippen molar-refractivity contribution in [3.8, 4) is 0 Å². The van der Waals surface area contributed by atoms with Gasteiger partial charge < -0.3 is 10.4 Å². The molecule has 19 heavy (non-hydrogen) atoms. The Morgan fingerprint density at radius 2 is 2.21 bits per heavy atom. The molecule has 0 aliphatic carbocycles. The SMILES string of the molecule is CCC(Nc1cc(C(=O)O)ccc1C)c1cccs1. The number of benzene rings is 1. The molecule has 0 saturated heterocycles. The van der Waals surface area contributed by atoms with E-state index in [1.165, 1.54) is 4.88 Å². The first-order valence-electron chi connectivity index (χ1n) is 6.25. The molecular weight excluding hydrogens is 258 g/mol. The highest BCUT2D eigenvalue weighted by molar-refractivity contribution is 7.10. The molecule has 0 saturated carbocycles. The summed E-state index contributed by atoms with van der Waals surface area (Å²) in [6.45, 7) is 4.10. The van der Waals surface area contributed by atoms with Crippen molar-refractivity contribution in [2.24, 2.45) is 0 Å². The van der Waals surface area contributed by atoms with E-state index in [1.807, 2.05) is 19.1 Å². The number of carboxylic acids is 1. The fourth-order valence-corrected chi connectivity index (χ4v) is 2.82. The summed E-state index contributed by atoms with van der Waals surface area (Å²) in [7, 11) is 0. The van der Waals surface area contributed by atoms with Crippen LogP contribution in [0.2, 0.25) is 0 Å². The van der Waals surface area contributed by atoms with E-state index in [1.54, 1.807) is 23.5 Å². The summed E-state index contributed by atoms with van der Waals surface area (Å²) in [6, 6.07) is 9.53. The normalized spacial score (nSPS) is 12.1. The lowest BCUT2D eigenvalue weighted by molar-refractivity contribution is 0.0697. The first-order valence-corrected chi connectivity index (χ1v) is 7.13. The van der Waals surface area contributed by atoms with Crippen LogP contribution in [-0.2, 0) is 0 Å². The molecule has 0 amide bonds. The Hall–Kier alpha value is -1.81. The van der Waals surface area contributed by atoms with Gasteiger partial charge in [-0.2, -0.15) is 0 Å². The van der Waals surface area contributed by atoms with Crippen molar-refractivity contribution >= 4 is 23.0 Å². The zero-order valence-electron chi connectivity index (χ0n) is 11.0. The van der Waals surface area contributed by atoms with Gasteiger partial charge in [0.25, 0.3) is 0 Å². The molecule has 1 aromatic carbocycles. The van der Waals surface area contributed by atoms with E-state index in [4.69, 9.17) is 5.11 Å². The van der Waals surface area contributed by atoms with E-state index in [-0.39, 0.29) is 6.04 Å². The Morgan fingerprint density at radius 1 is 1.42 bits per heavy atom. The molecule has 1 aromatic heterocycles. The molecule has 1 heterocycles. The number of rotatable bonds is 5. The highest BCUT2D eigenvalue weighted by Gasteiger charge is 2.13. The van der Waals surface area contributed by atoms with Crippen molar-refractivity contribution in [3.63, 3.8) is 0 Å². The summed E-state index contributed by atoms with van der Waals surface area (Å²) in [5.74, 6) is -0.896. The topological polar surface area (TPSA) is 49.3 Å². The van der Waals surface area contributed by atoms with Crippen molar-refractivity contribution < 1.29 is 9.90 Å². The predicted octanol–water partition coefficient (Wildman–Crippen LogP) is 4.32. The second kappa shape index (κ2) is 5.89.